The molecule has 1 saturated heterocycles. The van der Waals surface area contributed by atoms with E-state index in [-0.39, 0.29) is 37.2 Å². The molecular formula is C39H37NO6. The summed E-state index contributed by atoms with van der Waals surface area (Å²) in [5.74, 6) is -2.02. The molecule has 0 radical (unpaired) electrons. The molecule has 0 spiro atoms. The summed E-state index contributed by atoms with van der Waals surface area (Å²) in [5.41, 5.74) is 4.71. The summed E-state index contributed by atoms with van der Waals surface area (Å²) < 4.78 is 6.13. The van der Waals surface area contributed by atoms with Gasteiger partial charge in [0.2, 0.25) is 11.8 Å². The van der Waals surface area contributed by atoms with Crippen LogP contribution in [0.1, 0.15) is 30.4 Å². The molecular weight excluding hydrogens is 578 g/mol. The number of para-hydroxylation sites is 2. The molecule has 7 heteroatoms. The number of aliphatic hydroxyl groups is 2. The van der Waals surface area contributed by atoms with Crippen LogP contribution in [0.4, 0.5) is 5.69 Å². The molecule has 46 heavy (non-hydrogen) atoms. The van der Waals surface area contributed by atoms with Gasteiger partial charge in [0, 0.05) is 5.92 Å². The third-order valence-corrected chi connectivity index (χ3v) is 8.98. The fourth-order valence-electron chi connectivity index (χ4n) is 6.78. The lowest BCUT2D eigenvalue weighted by Crippen LogP contribution is -2.40. The highest BCUT2D eigenvalue weighted by Crippen LogP contribution is 2.47. The number of phenols is 1. The Balaban J connectivity index is 1.33. The lowest BCUT2D eigenvalue weighted by molar-refractivity contribution is -0.123. The Morgan fingerprint density at radius 2 is 1.48 bits per heavy atom. The highest BCUT2D eigenvalue weighted by Gasteiger charge is 2.55. The van der Waals surface area contributed by atoms with Crippen LogP contribution in [-0.2, 0) is 9.59 Å². The third kappa shape index (κ3) is 6.52. The summed E-state index contributed by atoms with van der Waals surface area (Å²) in [6, 6.07) is 35.0. The number of aliphatic hydroxyl groups excluding tert-OH is 2. The Morgan fingerprint density at radius 3 is 2.13 bits per heavy atom. The molecule has 1 aliphatic carbocycles. The van der Waals surface area contributed by atoms with E-state index in [4.69, 9.17) is 4.74 Å². The van der Waals surface area contributed by atoms with Gasteiger partial charge in [-0.15, -0.1) is 0 Å². The number of fused-ring (bicyclic) bond motifs is 1. The molecule has 2 amide bonds. The van der Waals surface area contributed by atoms with Crippen molar-refractivity contribution in [2.45, 2.75) is 25.4 Å². The molecule has 1 fully saturated rings. The van der Waals surface area contributed by atoms with Crippen molar-refractivity contribution in [1.29, 1.82) is 0 Å². The van der Waals surface area contributed by atoms with Crippen LogP contribution in [0.15, 0.2) is 126 Å². The maximum absolute atomic E-state index is 13.9. The molecule has 0 aromatic heterocycles. The van der Waals surface area contributed by atoms with Crippen LogP contribution >= 0.6 is 0 Å². The number of hydrogen-bond acceptors (Lipinski definition) is 6. The first kappa shape index (κ1) is 31.0. The zero-order valence-corrected chi connectivity index (χ0v) is 25.4. The van der Waals surface area contributed by atoms with Crippen LogP contribution < -0.4 is 9.64 Å². The largest absolute Gasteiger partial charge is 0.508 e. The minimum Gasteiger partial charge on any atom is -0.508 e. The van der Waals surface area contributed by atoms with Crippen LogP contribution in [0, 0.1) is 17.8 Å². The maximum atomic E-state index is 13.9. The van der Waals surface area contributed by atoms with E-state index in [9.17, 15) is 24.9 Å². The van der Waals surface area contributed by atoms with Gasteiger partial charge in [0.05, 0.1) is 30.2 Å². The van der Waals surface area contributed by atoms with Gasteiger partial charge in [-0.1, -0.05) is 84.9 Å². The minimum atomic E-state index is -0.993. The molecule has 0 saturated carbocycles. The summed E-state index contributed by atoms with van der Waals surface area (Å²) in [6.45, 7) is -0.267. The summed E-state index contributed by atoms with van der Waals surface area (Å²) in [5, 5.41) is 32.5. The molecule has 2 aliphatic rings. The van der Waals surface area contributed by atoms with E-state index in [0.29, 0.717) is 29.9 Å². The van der Waals surface area contributed by atoms with Crippen molar-refractivity contribution in [3.63, 3.8) is 0 Å². The number of carbonyl (C=O) groups excluding carboxylic acids is 2. The van der Waals surface area contributed by atoms with Gasteiger partial charge in [-0.05, 0) is 83.5 Å². The summed E-state index contributed by atoms with van der Waals surface area (Å²) >= 11 is 0. The molecule has 1 heterocycles. The van der Waals surface area contributed by atoms with E-state index in [1.807, 2.05) is 84.9 Å². The van der Waals surface area contributed by atoms with Crippen LogP contribution in [0.3, 0.4) is 0 Å². The van der Waals surface area contributed by atoms with E-state index in [2.05, 4.69) is 0 Å². The van der Waals surface area contributed by atoms with Crippen molar-refractivity contribution in [1.82, 2.24) is 0 Å². The molecule has 234 valence electrons. The SMILES string of the molecule is O=C1[C@@H]2[C@@H](CC(COc3ccccc3)=C([C@H](O)CC/C(=C/c3ccc(O)cc3)c3ccccc3)[C@@H]2CO)C(=O)N1c1ccccc1. The van der Waals surface area contributed by atoms with Crippen LogP contribution in [0.25, 0.3) is 11.6 Å². The predicted octanol–water partition coefficient (Wildman–Crippen LogP) is 6.27. The van der Waals surface area contributed by atoms with Gasteiger partial charge in [0.1, 0.15) is 18.1 Å². The molecule has 4 aromatic rings. The monoisotopic (exact) mass is 615 g/mol. The van der Waals surface area contributed by atoms with Crippen LogP contribution in [-0.4, -0.2) is 46.5 Å². The first-order valence-corrected chi connectivity index (χ1v) is 15.6. The number of hydrogen-bond donors (Lipinski definition) is 3. The fourth-order valence-corrected chi connectivity index (χ4v) is 6.78. The highest BCUT2D eigenvalue weighted by atomic mass is 16.5. The molecule has 3 N–H and O–H groups in total. The maximum Gasteiger partial charge on any atom is 0.238 e. The van der Waals surface area contributed by atoms with E-state index < -0.39 is 23.9 Å². The number of nitrogens with zero attached hydrogens (tertiary/aromatic N) is 1. The average molecular weight is 616 g/mol. The number of rotatable bonds is 11. The van der Waals surface area contributed by atoms with Crippen molar-refractivity contribution in [2.24, 2.45) is 17.8 Å². The zero-order chi connectivity index (χ0) is 32.0. The van der Waals surface area contributed by atoms with Crippen molar-refractivity contribution in [3.8, 4) is 11.5 Å². The average Bonchev–Trinajstić information content (AvgIpc) is 3.35. The van der Waals surface area contributed by atoms with Crippen LogP contribution in [0.5, 0.6) is 11.5 Å². The molecule has 1 aliphatic heterocycles. The third-order valence-electron chi connectivity index (χ3n) is 8.98. The first-order valence-electron chi connectivity index (χ1n) is 15.6. The Hall–Kier alpha value is -4.98. The van der Waals surface area contributed by atoms with Crippen molar-refractivity contribution in [3.05, 3.63) is 138 Å². The highest BCUT2D eigenvalue weighted by molar-refractivity contribution is 6.22. The zero-order valence-electron chi connectivity index (χ0n) is 25.4. The second kappa shape index (κ2) is 14.0. The fraction of sp³-hybridized carbons (Fsp3) is 0.231. The van der Waals surface area contributed by atoms with E-state index in [1.54, 1.807) is 36.4 Å². The predicted molar refractivity (Wildman–Crippen MR) is 178 cm³/mol. The number of anilines is 1. The summed E-state index contributed by atoms with van der Waals surface area (Å²) in [6.07, 6.45) is 2.11. The second-order valence-corrected chi connectivity index (χ2v) is 11.8. The second-order valence-electron chi connectivity index (χ2n) is 11.8. The molecule has 4 atom stereocenters. The molecule has 0 unspecified atom stereocenters. The number of carbonyl (C=O) groups is 2. The Morgan fingerprint density at radius 1 is 0.848 bits per heavy atom. The number of aromatic hydroxyl groups is 1. The standard InChI is InChI=1S/C39H37NO6/c41-24-34-36(35(43)21-18-28(27-10-4-1-5-11-27)22-26-16-19-31(42)20-17-26)29(25-46-32-14-8-3-9-15-32)23-33-37(34)39(45)40(38(33)44)30-12-6-2-7-13-30/h1-17,19-20,22,33-35,37,41-43H,18,21,23-25H2/b28-22-/t33-,34+,35-,37-/m1/s1. The van der Waals surface area contributed by atoms with Gasteiger partial charge in [-0.3, -0.25) is 14.5 Å². The molecule has 4 aromatic carbocycles. The van der Waals surface area contributed by atoms with E-state index in [1.165, 1.54) is 4.90 Å². The number of amides is 2. The van der Waals surface area contributed by atoms with Crippen molar-refractivity contribution >= 4 is 29.2 Å². The lowest BCUT2D eigenvalue weighted by atomic mass is 9.68. The topological polar surface area (TPSA) is 107 Å². The lowest BCUT2D eigenvalue weighted by Gasteiger charge is -2.36. The number of benzene rings is 4. The number of ether oxygens (including phenoxy) is 1. The first-order chi connectivity index (χ1) is 22.4. The van der Waals surface area contributed by atoms with Crippen molar-refractivity contribution < 1.29 is 29.6 Å². The Labute approximate surface area is 268 Å². The van der Waals surface area contributed by atoms with E-state index in [0.717, 1.165) is 22.3 Å². The van der Waals surface area contributed by atoms with Gasteiger partial charge in [0.25, 0.3) is 0 Å². The summed E-state index contributed by atoms with van der Waals surface area (Å²) in [4.78, 5) is 28.9. The van der Waals surface area contributed by atoms with Crippen molar-refractivity contribution in [2.75, 3.05) is 18.1 Å². The number of allylic oxidation sites excluding steroid dienone is 1. The molecule has 6 rings (SSSR count). The van der Waals surface area contributed by atoms with E-state index >= 15 is 0 Å². The minimum absolute atomic E-state index is 0.123. The molecule has 0 bridgehead atoms. The normalized spacial score (nSPS) is 20.5. The summed E-state index contributed by atoms with van der Waals surface area (Å²) in [7, 11) is 0. The van der Waals surface area contributed by atoms with Gasteiger partial charge in [0.15, 0.2) is 0 Å². The smallest absolute Gasteiger partial charge is 0.238 e. The number of phenolic OH excluding ortho intramolecular Hbond substituents is 1. The molecule has 7 nitrogen and oxygen atoms in total. The van der Waals surface area contributed by atoms with Gasteiger partial charge in [-0.25, -0.2) is 0 Å². The van der Waals surface area contributed by atoms with Crippen LogP contribution in [0.2, 0.25) is 0 Å². The van der Waals surface area contributed by atoms with Gasteiger partial charge in [-0.2, -0.15) is 0 Å². The Bertz CT molecular complexity index is 1720. The Kier molecular flexibility index (Phi) is 9.43. The quantitative estimate of drug-likeness (QED) is 0.104. The van der Waals surface area contributed by atoms with Gasteiger partial charge < -0.3 is 20.1 Å². The van der Waals surface area contributed by atoms with Gasteiger partial charge >= 0.3 is 0 Å². The number of imide groups is 1.